The first-order chi connectivity index (χ1) is 11.8. The van der Waals surface area contributed by atoms with Gasteiger partial charge < -0.3 is 9.80 Å². The van der Waals surface area contributed by atoms with Gasteiger partial charge in [0, 0.05) is 30.9 Å². The van der Waals surface area contributed by atoms with E-state index in [2.05, 4.69) is 27.0 Å². The van der Waals surface area contributed by atoms with Crippen LogP contribution in [-0.2, 0) is 24.2 Å². The molecule has 24 heavy (non-hydrogen) atoms. The number of rotatable bonds is 3. The predicted octanol–water partition coefficient (Wildman–Crippen LogP) is 2.20. The highest BCUT2D eigenvalue weighted by atomic mass is 16.2. The summed E-state index contributed by atoms with van der Waals surface area (Å²) in [6.07, 6.45) is 6.11. The summed E-state index contributed by atoms with van der Waals surface area (Å²) in [6, 6.07) is 10.2. The lowest BCUT2D eigenvalue weighted by molar-refractivity contribution is -0.131. The molecular weight excluding hydrogens is 300 g/mol. The lowest BCUT2D eigenvalue weighted by Crippen LogP contribution is -2.50. The Bertz CT molecular complexity index is 731. The number of carbonyl (C=O) groups is 1. The molecule has 0 bridgehead atoms. The second-order valence-corrected chi connectivity index (χ2v) is 6.55. The number of hydrogen-bond donors (Lipinski definition) is 0. The number of aromatic nitrogens is 2. The maximum absolute atomic E-state index is 12.6. The Kier molecular flexibility index (Phi) is 4.15. The molecular formula is C19H22N4O. The number of benzene rings is 1. The third kappa shape index (κ3) is 2.98. The maximum atomic E-state index is 12.6. The zero-order chi connectivity index (χ0) is 16.4. The Labute approximate surface area is 142 Å². The Hall–Kier alpha value is -2.43. The van der Waals surface area contributed by atoms with Crippen molar-refractivity contribution in [1.82, 2.24) is 14.9 Å². The van der Waals surface area contributed by atoms with Gasteiger partial charge in [-0.05, 0) is 31.2 Å². The van der Waals surface area contributed by atoms with Crippen molar-refractivity contribution in [3.63, 3.8) is 0 Å². The molecule has 5 heteroatoms. The summed E-state index contributed by atoms with van der Waals surface area (Å²) in [5, 5.41) is 0. The molecule has 1 amide bonds. The highest BCUT2D eigenvalue weighted by molar-refractivity contribution is 5.82. The van der Waals surface area contributed by atoms with Gasteiger partial charge in [-0.15, -0.1) is 0 Å². The summed E-state index contributed by atoms with van der Waals surface area (Å²) in [5.41, 5.74) is 3.61. The topological polar surface area (TPSA) is 49.3 Å². The number of aryl methyl sites for hydroxylation is 1. The average molecular weight is 322 g/mol. The summed E-state index contributed by atoms with van der Waals surface area (Å²) < 4.78 is 0. The van der Waals surface area contributed by atoms with Crippen molar-refractivity contribution in [3.05, 3.63) is 53.5 Å². The van der Waals surface area contributed by atoms with Crippen LogP contribution >= 0.6 is 0 Å². The van der Waals surface area contributed by atoms with E-state index in [0.29, 0.717) is 13.1 Å². The number of carbonyl (C=O) groups excluding carboxylic acids is 1. The van der Waals surface area contributed by atoms with Gasteiger partial charge in [-0.1, -0.05) is 30.3 Å². The molecule has 2 aromatic rings. The molecule has 124 valence electrons. The normalized spacial score (nSPS) is 17.8. The molecule has 1 aliphatic heterocycles. The molecule has 0 unspecified atom stereocenters. The second kappa shape index (κ2) is 6.59. The van der Waals surface area contributed by atoms with Gasteiger partial charge in [0.25, 0.3) is 0 Å². The molecule has 4 rings (SSSR count). The molecule has 0 atom stereocenters. The molecule has 1 aliphatic carbocycles. The molecule has 1 aromatic carbocycles. The Morgan fingerprint density at radius 3 is 2.67 bits per heavy atom. The van der Waals surface area contributed by atoms with Crippen LogP contribution in [0.5, 0.6) is 0 Å². The molecule has 2 heterocycles. The van der Waals surface area contributed by atoms with Crippen LogP contribution in [0.25, 0.3) is 0 Å². The average Bonchev–Trinajstić information content (AvgIpc) is 2.64. The van der Waals surface area contributed by atoms with Crippen LogP contribution in [0.2, 0.25) is 0 Å². The summed E-state index contributed by atoms with van der Waals surface area (Å²) in [6.45, 7) is 2.68. The van der Waals surface area contributed by atoms with Crippen LogP contribution in [0.3, 0.4) is 0 Å². The highest BCUT2D eigenvalue weighted by Crippen LogP contribution is 2.28. The molecule has 0 radical (unpaired) electrons. The first-order valence-corrected chi connectivity index (χ1v) is 8.70. The van der Waals surface area contributed by atoms with Crippen molar-refractivity contribution in [2.75, 3.05) is 24.5 Å². The van der Waals surface area contributed by atoms with E-state index in [1.807, 2.05) is 23.1 Å². The molecule has 0 spiro atoms. The van der Waals surface area contributed by atoms with Crippen molar-refractivity contribution < 1.29 is 4.79 Å². The molecule has 1 aromatic heterocycles. The van der Waals surface area contributed by atoms with Crippen LogP contribution in [0.4, 0.5) is 5.82 Å². The summed E-state index contributed by atoms with van der Waals surface area (Å²) in [7, 11) is 0. The minimum absolute atomic E-state index is 0.174. The van der Waals surface area contributed by atoms with Gasteiger partial charge in [0.15, 0.2) is 0 Å². The maximum Gasteiger partial charge on any atom is 0.242 e. The van der Waals surface area contributed by atoms with Gasteiger partial charge in [0.05, 0.1) is 6.54 Å². The lowest BCUT2D eigenvalue weighted by atomic mass is 9.96. The van der Waals surface area contributed by atoms with Gasteiger partial charge in [-0.2, -0.15) is 0 Å². The number of amides is 1. The first kappa shape index (κ1) is 15.1. The van der Waals surface area contributed by atoms with Crippen LogP contribution < -0.4 is 4.90 Å². The number of piperazine rings is 1. The third-order valence-corrected chi connectivity index (χ3v) is 4.94. The van der Waals surface area contributed by atoms with E-state index in [1.54, 1.807) is 6.33 Å². The van der Waals surface area contributed by atoms with Crippen LogP contribution in [0.15, 0.2) is 36.7 Å². The minimum Gasteiger partial charge on any atom is -0.345 e. The molecule has 1 saturated heterocycles. The van der Waals surface area contributed by atoms with E-state index < -0.39 is 0 Å². The van der Waals surface area contributed by atoms with Crippen molar-refractivity contribution in [1.29, 1.82) is 0 Å². The van der Waals surface area contributed by atoms with Crippen LogP contribution in [0.1, 0.15) is 29.7 Å². The van der Waals surface area contributed by atoms with Gasteiger partial charge in [-0.25, -0.2) is 9.97 Å². The van der Waals surface area contributed by atoms with Crippen molar-refractivity contribution in [2.24, 2.45) is 0 Å². The summed E-state index contributed by atoms with van der Waals surface area (Å²) >= 11 is 0. The second-order valence-electron chi connectivity index (χ2n) is 6.55. The van der Waals surface area contributed by atoms with E-state index in [1.165, 1.54) is 29.7 Å². The zero-order valence-electron chi connectivity index (χ0n) is 13.8. The summed E-state index contributed by atoms with van der Waals surface area (Å²) in [4.78, 5) is 25.6. The SMILES string of the molecule is O=C1CN(c2ncnc3c2CCCC3)CCN1Cc1ccccc1. The van der Waals surface area contributed by atoms with Gasteiger partial charge >= 0.3 is 0 Å². The van der Waals surface area contributed by atoms with Gasteiger partial charge in [-0.3, -0.25) is 4.79 Å². The van der Waals surface area contributed by atoms with Gasteiger partial charge in [0.2, 0.25) is 5.91 Å². The van der Waals surface area contributed by atoms with E-state index >= 15 is 0 Å². The van der Waals surface area contributed by atoms with E-state index in [-0.39, 0.29) is 5.91 Å². The first-order valence-electron chi connectivity index (χ1n) is 8.70. The third-order valence-electron chi connectivity index (χ3n) is 4.94. The van der Waals surface area contributed by atoms with Crippen LogP contribution in [-0.4, -0.2) is 40.4 Å². The fourth-order valence-electron chi connectivity index (χ4n) is 3.64. The van der Waals surface area contributed by atoms with E-state index in [9.17, 15) is 4.79 Å². The molecule has 0 N–H and O–H groups in total. The molecule has 5 nitrogen and oxygen atoms in total. The van der Waals surface area contributed by atoms with E-state index in [0.717, 1.165) is 31.7 Å². The lowest BCUT2D eigenvalue weighted by Gasteiger charge is -2.36. The monoisotopic (exact) mass is 322 g/mol. The quantitative estimate of drug-likeness (QED) is 0.869. The van der Waals surface area contributed by atoms with Crippen molar-refractivity contribution in [2.45, 2.75) is 32.2 Å². The fourth-order valence-corrected chi connectivity index (χ4v) is 3.64. The highest BCUT2D eigenvalue weighted by Gasteiger charge is 2.27. The van der Waals surface area contributed by atoms with E-state index in [4.69, 9.17) is 0 Å². The number of fused-ring (bicyclic) bond motifs is 1. The number of nitrogens with zero attached hydrogens (tertiary/aromatic N) is 4. The Morgan fingerprint density at radius 2 is 1.83 bits per heavy atom. The Morgan fingerprint density at radius 1 is 1.00 bits per heavy atom. The minimum atomic E-state index is 0.174. The number of hydrogen-bond acceptors (Lipinski definition) is 4. The molecule has 1 fully saturated rings. The molecule has 0 saturated carbocycles. The standard InChI is InChI=1S/C19H22N4O/c24-18-13-23(11-10-22(18)12-15-6-2-1-3-7-15)19-16-8-4-5-9-17(16)20-14-21-19/h1-3,6-7,14H,4-5,8-13H2. The summed E-state index contributed by atoms with van der Waals surface area (Å²) in [5.74, 6) is 1.15. The smallest absolute Gasteiger partial charge is 0.242 e. The van der Waals surface area contributed by atoms with Gasteiger partial charge in [0.1, 0.15) is 12.1 Å². The van der Waals surface area contributed by atoms with Crippen molar-refractivity contribution in [3.8, 4) is 0 Å². The van der Waals surface area contributed by atoms with Crippen molar-refractivity contribution >= 4 is 11.7 Å². The molecule has 2 aliphatic rings. The largest absolute Gasteiger partial charge is 0.345 e. The number of anilines is 1. The predicted molar refractivity (Wildman–Crippen MR) is 92.7 cm³/mol. The Balaban J connectivity index is 1.48. The fraction of sp³-hybridized carbons (Fsp3) is 0.421. The van der Waals surface area contributed by atoms with Crippen LogP contribution in [0, 0.1) is 0 Å². The zero-order valence-corrected chi connectivity index (χ0v) is 13.8.